The maximum atomic E-state index is 12.9. The van der Waals surface area contributed by atoms with E-state index in [0.717, 1.165) is 32.5 Å². The Kier molecular flexibility index (Phi) is 5.79. The van der Waals surface area contributed by atoms with Crippen molar-refractivity contribution in [2.24, 2.45) is 4.99 Å². The van der Waals surface area contributed by atoms with Crippen LogP contribution >= 0.6 is 11.3 Å². The summed E-state index contributed by atoms with van der Waals surface area (Å²) in [6.07, 6.45) is 0. The number of aromatic nitrogens is 1. The molecule has 0 bridgehead atoms. The Hall–Kier alpha value is -2.73. The van der Waals surface area contributed by atoms with Crippen LogP contribution in [0.1, 0.15) is 39.5 Å². The predicted octanol–water partition coefficient (Wildman–Crippen LogP) is 4.24. The average Bonchev–Trinajstić information content (AvgIpc) is 2.95. The molecule has 2 aromatic carbocycles. The molecule has 0 spiro atoms. The zero-order valence-electron chi connectivity index (χ0n) is 16.8. The Bertz CT molecular complexity index is 1140. The fourth-order valence-electron chi connectivity index (χ4n) is 3.20. The number of amides is 1. The monoisotopic (exact) mass is 396 g/mol. The number of hydrogen-bond acceptors (Lipinski definition) is 4. The van der Waals surface area contributed by atoms with Crippen molar-refractivity contribution < 1.29 is 14.3 Å². The van der Waals surface area contributed by atoms with E-state index < -0.39 is 0 Å². The van der Waals surface area contributed by atoms with E-state index in [1.807, 2.05) is 52.0 Å². The molecule has 3 rings (SSSR count). The van der Waals surface area contributed by atoms with Gasteiger partial charge in [0.2, 0.25) is 0 Å². The number of nitrogens with zero attached hydrogens (tertiary/aromatic N) is 2. The summed E-state index contributed by atoms with van der Waals surface area (Å²) in [6, 6.07) is 9.84. The molecule has 1 amide bonds. The van der Waals surface area contributed by atoms with E-state index in [-0.39, 0.29) is 18.4 Å². The minimum absolute atomic E-state index is 0.0235. The predicted molar refractivity (Wildman–Crippen MR) is 112 cm³/mol. The van der Waals surface area contributed by atoms with Crippen molar-refractivity contribution >= 4 is 33.4 Å². The van der Waals surface area contributed by atoms with E-state index in [4.69, 9.17) is 4.74 Å². The molecule has 0 atom stereocenters. The highest BCUT2D eigenvalue weighted by molar-refractivity contribution is 7.16. The number of aryl methyl sites for hydroxylation is 4. The number of ether oxygens (including phenoxy) is 1. The molecule has 1 heterocycles. The van der Waals surface area contributed by atoms with Crippen molar-refractivity contribution in [3.05, 3.63) is 63.0 Å². The number of hydrogen-bond donors (Lipinski definition) is 0. The molecule has 3 aromatic rings. The van der Waals surface area contributed by atoms with Gasteiger partial charge in [-0.1, -0.05) is 35.1 Å². The van der Waals surface area contributed by atoms with Crippen molar-refractivity contribution in [2.75, 3.05) is 6.61 Å². The molecule has 146 valence electrons. The zero-order valence-corrected chi connectivity index (χ0v) is 17.6. The van der Waals surface area contributed by atoms with Crippen molar-refractivity contribution in [1.29, 1.82) is 0 Å². The Balaban J connectivity index is 2.19. The minimum Gasteiger partial charge on any atom is -0.465 e. The van der Waals surface area contributed by atoms with Crippen LogP contribution in [0.3, 0.4) is 0 Å². The molecule has 0 fully saturated rings. The fourth-order valence-corrected chi connectivity index (χ4v) is 4.28. The number of carbonyl (C=O) groups excluding carboxylic acids is 2. The lowest BCUT2D eigenvalue weighted by Gasteiger charge is -2.07. The molecular weight excluding hydrogens is 372 g/mol. The van der Waals surface area contributed by atoms with Gasteiger partial charge in [0.15, 0.2) is 4.80 Å². The van der Waals surface area contributed by atoms with Gasteiger partial charge in [-0.05, 0) is 63.4 Å². The van der Waals surface area contributed by atoms with Gasteiger partial charge in [0.25, 0.3) is 5.91 Å². The lowest BCUT2D eigenvalue weighted by atomic mass is 10.1. The van der Waals surface area contributed by atoms with Crippen LogP contribution in [0, 0.1) is 27.7 Å². The van der Waals surface area contributed by atoms with Gasteiger partial charge in [0.1, 0.15) is 6.54 Å². The average molecular weight is 397 g/mol. The molecule has 5 nitrogen and oxygen atoms in total. The molecule has 0 unspecified atom stereocenters. The Morgan fingerprint density at radius 3 is 2.50 bits per heavy atom. The van der Waals surface area contributed by atoms with Crippen LogP contribution in [-0.4, -0.2) is 23.1 Å². The van der Waals surface area contributed by atoms with Crippen LogP contribution in [0.4, 0.5) is 0 Å². The molecule has 6 heteroatoms. The van der Waals surface area contributed by atoms with Crippen molar-refractivity contribution in [3.63, 3.8) is 0 Å². The molecule has 1 aromatic heterocycles. The first-order valence-corrected chi connectivity index (χ1v) is 10.0. The molecule has 0 N–H and O–H groups in total. The Morgan fingerprint density at radius 1 is 1.04 bits per heavy atom. The maximum absolute atomic E-state index is 12.9. The molecule has 0 radical (unpaired) electrons. The fraction of sp³-hybridized carbons (Fsp3) is 0.318. The van der Waals surface area contributed by atoms with E-state index in [9.17, 15) is 9.59 Å². The van der Waals surface area contributed by atoms with Crippen LogP contribution in [0.15, 0.2) is 35.3 Å². The Labute approximate surface area is 168 Å². The maximum Gasteiger partial charge on any atom is 0.326 e. The molecular formula is C22H24N2O3S. The standard InChI is InChI=1S/C22H24N2O3S/c1-6-27-19(25)12-24-18-11-14(3)9-16(5)20(18)28-22(24)23-21(26)17-10-13(2)7-8-15(17)4/h7-11H,6,12H2,1-5H3. The summed E-state index contributed by atoms with van der Waals surface area (Å²) in [4.78, 5) is 29.9. The van der Waals surface area contributed by atoms with E-state index in [2.05, 4.69) is 11.1 Å². The second kappa shape index (κ2) is 8.10. The highest BCUT2D eigenvalue weighted by Crippen LogP contribution is 2.24. The summed E-state index contributed by atoms with van der Waals surface area (Å²) in [7, 11) is 0. The van der Waals surface area contributed by atoms with Gasteiger partial charge < -0.3 is 9.30 Å². The number of rotatable bonds is 4. The van der Waals surface area contributed by atoms with Crippen LogP contribution in [0.25, 0.3) is 10.2 Å². The van der Waals surface area contributed by atoms with E-state index in [1.54, 1.807) is 11.5 Å². The lowest BCUT2D eigenvalue weighted by Crippen LogP contribution is -2.23. The summed E-state index contributed by atoms with van der Waals surface area (Å²) in [6.45, 7) is 9.99. The molecule has 0 aliphatic rings. The van der Waals surface area contributed by atoms with Gasteiger partial charge in [-0.15, -0.1) is 0 Å². The highest BCUT2D eigenvalue weighted by atomic mass is 32.1. The molecule has 0 saturated carbocycles. The second-order valence-corrected chi connectivity index (χ2v) is 7.92. The second-order valence-electron chi connectivity index (χ2n) is 6.94. The van der Waals surface area contributed by atoms with Gasteiger partial charge in [0, 0.05) is 5.56 Å². The molecule has 0 saturated heterocycles. The third kappa shape index (κ3) is 4.07. The van der Waals surface area contributed by atoms with Crippen molar-refractivity contribution in [3.8, 4) is 0 Å². The minimum atomic E-state index is -0.345. The zero-order chi connectivity index (χ0) is 20.4. The number of carbonyl (C=O) groups is 2. The Morgan fingerprint density at radius 2 is 1.79 bits per heavy atom. The summed E-state index contributed by atoms with van der Waals surface area (Å²) in [5.41, 5.74) is 5.54. The smallest absolute Gasteiger partial charge is 0.326 e. The first kappa shape index (κ1) is 20.0. The number of esters is 1. The third-order valence-electron chi connectivity index (χ3n) is 4.53. The quantitative estimate of drug-likeness (QED) is 0.620. The number of benzene rings is 2. The van der Waals surface area contributed by atoms with Crippen LogP contribution in [0.5, 0.6) is 0 Å². The van der Waals surface area contributed by atoms with Crippen molar-refractivity contribution in [1.82, 2.24) is 4.57 Å². The normalized spacial score (nSPS) is 11.8. The van der Waals surface area contributed by atoms with Crippen LogP contribution < -0.4 is 4.80 Å². The van der Waals surface area contributed by atoms with Gasteiger partial charge in [-0.25, -0.2) is 0 Å². The van der Waals surface area contributed by atoms with Gasteiger partial charge >= 0.3 is 5.97 Å². The third-order valence-corrected chi connectivity index (χ3v) is 5.76. The first-order chi connectivity index (χ1) is 13.3. The summed E-state index contributed by atoms with van der Waals surface area (Å²) >= 11 is 1.42. The summed E-state index contributed by atoms with van der Waals surface area (Å²) in [5.74, 6) is -0.651. The van der Waals surface area contributed by atoms with Crippen LogP contribution in [0.2, 0.25) is 0 Å². The summed E-state index contributed by atoms with van der Waals surface area (Å²) < 4.78 is 7.92. The number of thiazole rings is 1. The first-order valence-electron chi connectivity index (χ1n) is 9.22. The van der Waals surface area contributed by atoms with E-state index in [1.165, 1.54) is 11.3 Å². The number of fused-ring (bicyclic) bond motifs is 1. The van der Waals surface area contributed by atoms with E-state index in [0.29, 0.717) is 17.0 Å². The largest absolute Gasteiger partial charge is 0.465 e. The van der Waals surface area contributed by atoms with Crippen LogP contribution in [-0.2, 0) is 16.1 Å². The molecule has 28 heavy (non-hydrogen) atoms. The summed E-state index contributed by atoms with van der Waals surface area (Å²) in [5, 5.41) is 0. The van der Waals surface area contributed by atoms with Gasteiger partial charge in [-0.2, -0.15) is 4.99 Å². The highest BCUT2D eigenvalue weighted by Gasteiger charge is 2.15. The lowest BCUT2D eigenvalue weighted by molar-refractivity contribution is -0.143. The molecule has 0 aliphatic carbocycles. The van der Waals surface area contributed by atoms with Gasteiger partial charge in [-0.3, -0.25) is 9.59 Å². The topological polar surface area (TPSA) is 60.7 Å². The van der Waals surface area contributed by atoms with Gasteiger partial charge in [0.05, 0.1) is 16.8 Å². The molecule has 0 aliphatic heterocycles. The SMILES string of the molecule is CCOC(=O)Cn1c(=NC(=O)c2cc(C)ccc2C)sc2c(C)cc(C)cc21. The van der Waals surface area contributed by atoms with Crippen molar-refractivity contribution in [2.45, 2.75) is 41.2 Å². The van der Waals surface area contributed by atoms with E-state index >= 15 is 0 Å².